The molecule has 0 saturated heterocycles. The van der Waals surface area contributed by atoms with E-state index in [1.807, 2.05) is 0 Å². The molecular weight excluding hydrogens is 399 g/mol. The molecule has 1 aromatic heterocycles. The van der Waals surface area contributed by atoms with Crippen molar-refractivity contribution in [2.45, 2.75) is 43.5 Å². The largest absolute Gasteiger partial charge is 0.527 e. The van der Waals surface area contributed by atoms with Gasteiger partial charge in [0.1, 0.15) is 48.0 Å². The van der Waals surface area contributed by atoms with E-state index in [0.717, 1.165) is 0 Å². The van der Waals surface area contributed by atoms with Gasteiger partial charge in [-0.15, -0.1) is 0 Å². The number of fused-ring (bicyclic) bond motifs is 1. The van der Waals surface area contributed by atoms with Crippen LogP contribution in [0, 0.1) is 6.92 Å². The number of hydrogen-bond acceptors (Lipinski definition) is 10. The third-order valence-electron chi connectivity index (χ3n) is 4.47. The van der Waals surface area contributed by atoms with E-state index in [4.69, 9.17) is 13.5 Å². The van der Waals surface area contributed by atoms with Gasteiger partial charge in [0.05, 0.1) is 0 Å². The first-order valence-electron chi connectivity index (χ1n) is 8.16. The zero-order valence-electron chi connectivity index (χ0n) is 14.4. The van der Waals surface area contributed by atoms with Gasteiger partial charge in [-0.1, -0.05) is 0 Å². The Labute approximate surface area is 157 Å². The molecule has 12 heteroatoms. The molecule has 1 saturated carbocycles. The van der Waals surface area contributed by atoms with Crippen molar-refractivity contribution in [3.63, 3.8) is 0 Å². The van der Waals surface area contributed by atoms with Crippen LogP contribution < -0.4 is 10.1 Å². The highest BCUT2D eigenvalue weighted by atomic mass is 31.2. The summed E-state index contributed by atoms with van der Waals surface area (Å²) >= 11 is 0. The SMILES string of the molecule is Cc1cc(=O)oc2cc(OP(=O)(O)OC3[C@H](O)[C@H](O)C(O)[C@H](O)[C@H]3O)ccc12. The summed E-state index contributed by atoms with van der Waals surface area (Å²) in [4.78, 5) is 21.4. The van der Waals surface area contributed by atoms with Gasteiger partial charge in [-0.3, -0.25) is 9.42 Å². The van der Waals surface area contributed by atoms with Crippen LogP contribution in [0.25, 0.3) is 11.0 Å². The molecule has 0 radical (unpaired) electrons. The lowest BCUT2D eigenvalue weighted by Gasteiger charge is -2.41. The van der Waals surface area contributed by atoms with Gasteiger partial charge >= 0.3 is 13.4 Å². The first kappa shape index (κ1) is 20.9. The maximum Gasteiger partial charge on any atom is 0.527 e. The van der Waals surface area contributed by atoms with Crippen LogP contribution in [-0.4, -0.2) is 67.0 Å². The molecule has 28 heavy (non-hydrogen) atoms. The molecule has 3 unspecified atom stereocenters. The summed E-state index contributed by atoms with van der Waals surface area (Å²) in [6.07, 6.45) is -11.6. The van der Waals surface area contributed by atoms with E-state index in [1.165, 1.54) is 24.3 Å². The van der Waals surface area contributed by atoms with E-state index in [9.17, 15) is 39.8 Å². The third-order valence-corrected chi connectivity index (χ3v) is 5.42. The van der Waals surface area contributed by atoms with Crippen molar-refractivity contribution >= 4 is 18.8 Å². The molecule has 1 heterocycles. The predicted octanol–water partition coefficient (Wildman–Crippen LogP) is -1.22. The second kappa shape index (κ2) is 7.54. The van der Waals surface area contributed by atoms with Crippen molar-refractivity contribution in [3.05, 3.63) is 40.2 Å². The number of phosphoric ester groups is 1. The van der Waals surface area contributed by atoms with Crippen LogP contribution in [0.1, 0.15) is 5.56 Å². The molecule has 0 amide bonds. The minimum Gasteiger partial charge on any atom is -0.423 e. The molecule has 1 fully saturated rings. The normalized spacial score (nSPS) is 32.8. The predicted molar refractivity (Wildman–Crippen MR) is 92.6 cm³/mol. The number of aliphatic hydroxyl groups excluding tert-OH is 5. The zero-order valence-corrected chi connectivity index (χ0v) is 15.3. The molecule has 1 aliphatic rings. The molecule has 11 nitrogen and oxygen atoms in total. The average molecular weight is 418 g/mol. The zero-order chi connectivity index (χ0) is 20.8. The fraction of sp³-hybridized carbons (Fsp3) is 0.438. The van der Waals surface area contributed by atoms with Gasteiger partial charge in [0.2, 0.25) is 0 Å². The monoisotopic (exact) mass is 418 g/mol. The Morgan fingerprint density at radius 1 is 0.964 bits per heavy atom. The Kier molecular flexibility index (Phi) is 5.63. The smallest absolute Gasteiger partial charge is 0.423 e. The van der Waals surface area contributed by atoms with Gasteiger partial charge in [-0.25, -0.2) is 9.36 Å². The standard InChI is InChI=1S/C16H19O11P/c1-6-4-10(17)25-9-5-7(2-3-8(6)9)26-28(23,24)27-16-14(21)12(19)11(18)13(20)15(16)22/h2-5,11-16,18-22H,1H3,(H,23,24)/t11?,12-,13+,14-,15-,16?/m1/s1. The quantitative estimate of drug-likeness (QED) is 0.258. The fourth-order valence-corrected chi connectivity index (χ4v) is 3.97. The summed E-state index contributed by atoms with van der Waals surface area (Å²) in [5, 5.41) is 49.2. The maximum atomic E-state index is 12.3. The highest BCUT2D eigenvalue weighted by molar-refractivity contribution is 7.47. The van der Waals surface area contributed by atoms with Crippen molar-refractivity contribution in [2.24, 2.45) is 0 Å². The van der Waals surface area contributed by atoms with E-state index in [-0.39, 0.29) is 11.3 Å². The summed E-state index contributed by atoms with van der Waals surface area (Å²) in [6.45, 7) is 1.68. The molecule has 3 rings (SSSR count). The van der Waals surface area contributed by atoms with Crippen LogP contribution in [0.3, 0.4) is 0 Å². The van der Waals surface area contributed by atoms with E-state index < -0.39 is 50.1 Å². The first-order valence-corrected chi connectivity index (χ1v) is 9.65. The van der Waals surface area contributed by atoms with Crippen LogP contribution in [0.15, 0.2) is 33.5 Å². The lowest BCUT2D eigenvalue weighted by Crippen LogP contribution is -2.64. The number of aryl methyl sites for hydroxylation is 1. The van der Waals surface area contributed by atoms with Crippen molar-refractivity contribution in [1.82, 2.24) is 0 Å². The van der Waals surface area contributed by atoms with Crippen LogP contribution >= 0.6 is 7.82 Å². The van der Waals surface area contributed by atoms with E-state index in [2.05, 4.69) is 0 Å². The third kappa shape index (κ3) is 3.97. The van der Waals surface area contributed by atoms with Crippen LogP contribution in [0.5, 0.6) is 5.75 Å². The molecular formula is C16H19O11P. The molecule has 2 aromatic rings. The van der Waals surface area contributed by atoms with Gasteiger partial charge in [-0.05, 0) is 24.6 Å². The number of benzene rings is 1. The summed E-state index contributed by atoms with van der Waals surface area (Å²) in [5.74, 6) is -0.215. The van der Waals surface area contributed by atoms with Crippen molar-refractivity contribution in [1.29, 1.82) is 0 Å². The Morgan fingerprint density at radius 3 is 2.14 bits per heavy atom. The van der Waals surface area contributed by atoms with Crippen LogP contribution in [-0.2, 0) is 9.09 Å². The molecule has 1 aromatic carbocycles. The highest BCUT2D eigenvalue weighted by Gasteiger charge is 2.51. The Morgan fingerprint density at radius 2 is 1.54 bits per heavy atom. The summed E-state index contributed by atoms with van der Waals surface area (Å²) < 4.78 is 26.9. The number of hydrogen-bond donors (Lipinski definition) is 6. The lowest BCUT2D eigenvalue weighted by molar-refractivity contribution is -0.219. The summed E-state index contributed by atoms with van der Waals surface area (Å²) in [5.41, 5.74) is 0.0889. The first-order chi connectivity index (χ1) is 13.0. The van der Waals surface area contributed by atoms with Gasteiger partial charge in [0.25, 0.3) is 0 Å². The van der Waals surface area contributed by atoms with Gasteiger partial charge < -0.3 is 34.5 Å². The van der Waals surface area contributed by atoms with Crippen LogP contribution in [0.4, 0.5) is 0 Å². The Hall–Kier alpha value is -1.82. The Bertz CT molecular complexity index is 957. The molecule has 6 N–H and O–H groups in total. The second-order valence-electron chi connectivity index (χ2n) is 6.49. The molecule has 0 spiro atoms. The van der Waals surface area contributed by atoms with Gasteiger partial charge in [0.15, 0.2) is 0 Å². The molecule has 154 valence electrons. The molecule has 0 aliphatic heterocycles. The van der Waals surface area contributed by atoms with E-state index in [0.29, 0.717) is 10.9 Å². The minimum absolute atomic E-state index is 0.0919. The van der Waals surface area contributed by atoms with Crippen molar-refractivity contribution < 1.29 is 48.5 Å². The molecule has 0 bridgehead atoms. The maximum absolute atomic E-state index is 12.3. The number of phosphoric acid groups is 1. The van der Waals surface area contributed by atoms with E-state index in [1.54, 1.807) is 6.92 Å². The number of aliphatic hydroxyl groups is 5. The topological polar surface area (TPSA) is 187 Å². The van der Waals surface area contributed by atoms with Gasteiger partial charge in [-0.2, -0.15) is 0 Å². The van der Waals surface area contributed by atoms with Gasteiger partial charge in [0, 0.05) is 17.5 Å². The Balaban J connectivity index is 1.83. The average Bonchev–Trinajstić information content (AvgIpc) is 2.61. The minimum atomic E-state index is -4.98. The van der Waals surface area contributed by atoms with Crippen LogP contribution in [0.2, 0.25) is 0 Å². The van der Waals surface area contributed by atoms with Crippen molar-refractivity contribution in [2.75, 3.05) is 0 Å². The fourth-order valence-electron chi connectivity index (χ4n) is 2.99. The molecule has 1 aliphatic carbocycles. The summed E-state index contributed by atoms with van der Waals surface area (Å²) in [7, 11) is -4.98. The molecule has 7 atom stereocenters. The summed E-state index contributed by atoms with van der Waals surface area (Å²) in [6, 6.07) is 5.25. The lowest BCUT2D eigenvalue weighted by atomic mass is 9.85. The highest BCUT2D eigenvalue weighted by Crippen LogP contribution is 2.47. The number of rotatable bonds is 4. The van der Waals surface area contributed by atoms with Crippen molar-refractivity contribution in [3.8, 4) is 5.75 Å². The van der Waals surface area contributed by atoms with E-state index >= 15 is 0 Å². The second-order valence-corrected chi connectivity index (χ2v) is 7.82.